The number of hydrogen-bond donors (Lipinski definition) is 0. The summed E-state index contributed by atoms with van der Waals surface area (Å²) in [7, 11) is -4.95. The topological polar surface area (TPSA) is 89.9 Å². The Morgan fingerprint density at radius 2 is 1.52 bits per heavy atom. The van der Waals surface area contributed by atoms with Crippen LogP contribution in [0.2, 0.25) is 5.04 Å². The van der Waals surface area contributed by atoms with Crippen LogP contribution in [0.3, 0.4) is 0 Å². The number of nitrogens with zero attached hydrogens (tertiary/aromatic N) is 3. The lowest BCUT2D eigenvalue weighted by molar-refractivity contribution is -0.157. The number of oxime groups is 1. The van der Waals surface area contributed by atoms with E-state index in [9.17, 15) is 9.36 Å². The minimum atomic E-state index is -3.64. The first-order valence-corrected chi connectivity index (χ1v) is 19.3. The van der Waals surface area contributed by atoms with Crippen LogP contribution < -0.4 is 15.3 Å². The third-order valence-corrected chi connectivity index (χ3v) is 15.5. The van der Waals surface area contributed by atoms with Crippen LogP contribution in [0.25, 0.3) is 0 Å². The van der Waals surface area contributed by atoms with Gasteiger partial charge in [0.2, 0.25) is 0 Å². The van der Waals surface area contributed by atoms with Gasteiger partial charge in [0.25, 0.3) is 14.2 Å². The van der Waals surface area contributed by atoms with E-state index in [1.54, 1.807) is 30.9 Å². The van der Waals surface area contributed by atoms with E-state index in [4.69, 9.17) is 18.3 Å². The van der Waals surface area contributed by atoms with Gasteiger partial charge in [-0.1, -0.05) is 98.7 Å². The molecule has 0 aliphatic carbocycles. The first-order valence-electron chi connectivity index (χ1n) is 15.7. The molecule has 1 atom stereocenters. The molecule has 0 saturated heterocycles. The summed E-state index contributed by atoms with van der Waals surface area (Å²) in [6.07, 6.45) is 0.248. The summed E-state index contributed by atoms with van der Waals surface area (Å²) >= 11 is 0. The minimum absolute atomic E-state index is 0.121. The van der Waals surface area contributed by atoms with Gasteiger partial charge in [-0.15, -0.1) is 0 Å². The monoisotopic (exact) mass is 667 g/mol. The summed E-state index contributed by atoms with van der Waals surface area (Å²) < 4.78 is 47.0. The lowest BCUT2D eigenvalue weighted by atomic mass is 10.0. The molecule has 246 valence electrons. The molecule has 2 heterocycles. The molecule has 0 saturated carbocycles. The van der Waals surface area contributed by atoms with Crippen LogP contribution in [0, 0.1) is 5.82 Å². The van der Waals surface area contributed by atoms with Crippen LogP contribution >= 0.6 is 7.60 Å². The van der Waals surface area contributed by atoms with Crippen molar-refractivity contribution in [3.8, 4) is 0 Å². The maximum absolute atomic E-state index is 15.1. The maximum atomic E-state index is 15.1. The zero-order valence-electron chi connectivity index (χ0n) is 27.4. The second-order valence-corrected chi connectivity index (χ2v) is 18.7. The van der Waals surface area contributed by atoms with E-state index >= 15 is 4.39 Å². The Balaban J connectivity index is 1.50. The summed E-state index contributed by atoms with van der Waals surface area (Å²) in [4.78, 5) is 22.9. The van der Waals surface area contributed by atoms with Crippen LogP contribution in [0.4, 0.5) is 10.1 Å². The van der Waals surface area contributed by atoms with E-state index in [1.165, 1.54) is 18.0 Å². The first-order chi connectivity index (χ1) is 21.9. The number of amidine groups is 1. The van der Waals surface area contributed by atoms with E-state index < -0.39 is 33.4 Å². The Labute approximate surface area is 271 Å². The fourth-order valence-corrected chi connectivity index (χ4v) is 12.9. The Morgan fingerprint density at radius 3 is 2.07 bits per heavy atom. The highest BCUT2D eigenvalue weighted by Gasteiger charge is 2.62. The summed E-state index contributed by atoms with van der Waals surface area (Å²) in [5.74, 6) is -0.817. The molecule has 12 heteroatoms. The highest BCUT2D eigenvalue weighted by atomic mass is 31.2. The van der Waals surface area contributed by atoms with E-state index in [2.05, 4.69) is 50.2 Å². The SMILES string of the molecule is CCOP(=O)(CC1=NOC2(C(=O)N(C)c3c(F)cccc32)N1CCCO[Si](c1ccccc1)(c1ccccc1)C(C)(C)C)OCC. The smallest absolute Gasteiger partial charge is 0.338 e. The Kier molecular flexibility index (Phi) is 9.91. The van der Waals surface area contributed by atoms with Crippen molar-refractivity contribution in [1.29, 1.82) is 0 Å². The fraction of sp³-hybridized carbons (Fsp3) is 0.412. The zero-order chi connectivity index (χ0) is 33.2. The van der Waals surface area contributed by atoms with Gasteiger partial charge in [-0.2, -0.15) is 0 Å². The van der Waals surface area contributed by atoms with Crippen molar-refractivity contribution in [1.82, 2.24) is 4.90 Å². The number of fused-ring (bicyclic) bond motifs is 2. The summed E-state index contributed by atoms with van der Waals surface area (Å²) in [5.41, 5.74) is -1.31. The number of para-hydroxylation sites is 1. The van der Waals surface area contributed by atoms with Gasteiger partial charge in [0.05, 0.1) is 24.5 Å². The van der Waals surface area contributed by atoms with Crippen LogP contribution in [-0.4, -0.2) is 64.5 Å². The lowest BCUT2D eigenvalue weighted by Gasteiger charge is -2.43. The van der Waals surface area contributed by atoms with Crippen LogP contribution in [-0.2, 0) is 33.4 Å². The predicted octanol–water partition coefficient (Wildman–Crippen LogP) is 5.83. The fourth-order valence-electron chi connectivity index (χ4n) is 6.63. The van der Waals surface area contributed by atoms with E-state index in [1.807, 2.05) is 36.4 Å². The standard InChI is InChI=1S/C34H43FN3O6PSi/c1-7-41-45(40,42-8-2)25-30-36-44-34(28-21-15-22-29(35)31(28)37(6)32(34)39)38(30)23-16-24-43-46(33(3,4)5,26-17-11-9-12-18-26)27-19-13-10-14-20-27/h9-15,17-22H,7-8,16,23-25H2,1-6H3. The van der Waals surface area contributed by atoms with Crippen molar-refractivity contribution in [2.75, 3.05) is 44.5 Å². The summed E-state index contributed by atoms with van der Waals surface area (Å²) in [6.45, 7) is 11.0. The normalized spacial score (nSPS) is 18.2. The molecule has 3 aromatic rings. The molecule has 0 aromatic heterocycles. The number of carbonyl (C=O) groups is 1. The molecule has 0 N–H and O–H groups in total. The van der Waals surface area contributed by atoms with Gasteiger partial charge in [-0.3, -0.25) is 9.36 Å². The van der Waals surface area contributed by atoms with Crippen molar-refractivity contribution >= 4 is 43.7 Å². The molecule has 3 aromatic carbocycles. The number of carbonyl (C=O) groups excluding carboxylic acids is 1. The molecule has 46 heavy (non-hydrogen) atoms. The number of amides is 1. The number of hydrogen-bond acceptors (Lipinski definition) is 8. The van der Waals surface area contributed by atoms with Crippen LogP contribution in [0.5, 0.6) is 0 Å². The molecule has 5 rings (SSSR count). The highest BCUT2D eigenvalue weighted by Crippen LogP contribution is 2.53. The molecular weight excluding hydrogens is 624 g/mol. The number of rotatable bonds is 13. The largest absolute Gasteiger partial charge is 0.407 e. The number of halogens is 1. The van der Waals surface area contributed by atoms with E-state index in [0.29, 0.717) is 18.6 Å². The molecule has 2 aliphatic rings. The number of anilines is 1. The molecule has 2 aliphatic heterocycles. The first kappa shape index (κ1) is 34.0. The van der Waals surface area contributed by atoms with Crippen LogP contribution in [0.1, 0.15) is 46.6 Å². The minimum Gasteiger partial charge on any atom is -0.407 e. The number of likely N-dealkylation sites (N-methyl/N-ethyl adjacent to an activating group) is 1. The van der Waals surface area contributed by atoms with E-state index in [0.717, 1.165) is 10.4 Å². The molecule has 1 spiro atoms. The van der Waals surface area contributed by atoms with Crippen molar-refractivity contribution in [2.45, 2.75) is 51.8 Å². The van der Waals surface area contributed by atoms with Crippen molar-refractivity contribution < 1.29 is 32.1 Å². The summed E-state index contributed by atoms with van der Waals surface area (Å²) in [6, 6.07) is 25.2. The average Bonchev–Trinajstić information content (AvgIpc) is 3.48. The molecule has 0 radical (unpaired) electrons. The van der Waals surface area contributed by atoms with Gasteiger partial charge in [-0.05, 0) is 41.7 Å². The Hall–Kier alpha value is -3.34. The van der Waals surface area contributed by atoms with Gasteiger partial charge in [0, 0.05) is 20.2 Å². The van der Waals surface area contributed by atoms with Crippen molar-refractivity contribution in [3.63, 3.8) is 0 Å². The van der Waals surface area contributed by atoms with Gasteiger partial charge >= 0.3 is 13.3 Å². The van der Waals surface area contributed by atoms with Gasteiger partial charge in [-0.25, -0.2) is 4.39 Å². The second kappa shape index (κ2) is 13.4. The lowest BCUT2D eigenvalue weighted by Crippen LogP contribution is -2.66. The molecule has 1 unspecified atom stereocenters. The Bertz CT molecular complexity index is 1570. The quantitative estimate of drug-likeness (QED) is 0.129. The Morgan fingerprint density at radius 1 is 0.935 bits per heavy atom. The average molecular weight is 668 g/mol. The van der Waals surface area contributed by atoms with Gasteiger partial charge in [0.1, 0.15) is 12.0 Å². The molecular formula is C34H43FN3O6PSi. The van der Waals surface area contributed by atoms with Crippen LogP contribution in [0.15, 0.2) is 84.0 Å². The van der Waals surface area contributed by atoms with Crippen molar-refractivity contribution in [3.05, 3.63) is 90.2 Å². The summed E-state index contributed by atoms with van der Waals surface area (Å²) in [5, 5.41) is 6.38. The molecule has 1 amide bonds. The van der Waals surface area contributed by atoms with Crippen molar-refractivity contribution in [2.24, 2.45) is 5.16 Å². The highest BCUT2D eigenvalue weighted by molar-refractivity contribution is 7.54. The second-order valence-electron chi connectivity index (χ2n) is 12.4. The van der Waals surface area contributed by atoms with Gasteiger partial charge in [0.15, 0.2) is 5.84 Å². The molecule has 0 fully saturated rings. The third-order valence-electron chi connectivity index (χ3n) is 8.50. The molecule has 0 bridgehead atoms. The zero-order valence-corrected chi connectivity index (χ0v) is 29.3. The third kappa shape index (κ3) is 5.84. The van der Waals surface area contributed by atoms with Gasteiger partial charge < -0.3 is 28.1 Å². The maximum Gasteiger partial charge on any atom is 0.338 e. The van der Waals surface area contributed by atoms with E-state index in [-0.39, 0.29) is 42.5 Å². The predicted molar refractivity (Wildman–Crippen MR) is 181 cm³/mol. The molecule has 9 nitrogen and oxygen atoms in total. The number of benzene rings is 3.